The fourth-order valence-electron chi connectivity index (χ4n) is 3.23. The van der Waals surface area contributed by atoms with Crippen molar-refractivity contribution in [3.05, 3.63) is 29.6 Å². The molecule has 0 unspecified atom stereocenters. The van der Waals surface area contributed by atoms with Gasteiger partial charge in [0, 0.05) is 24.3 Å². The van der Waals surface area contributed by atoms with Gasteiger partial charge in [0.25, 0.3) is 0 Å². The number of likely N-dealkylation sites (N-methyl/N-ethyl adjacent to an activating group) is 1. The molecule has 2 rings (SSSR count). The third-order valence-electron chi connectivity index (χ3n) is 5.07. The molecule has 0 spiro atoms. The van der Waals surface area contributed by atoms with E-state index in [-0.39, 0.29) is 5.54 Å². The predicted molar refractivity (Wildman–Crippen MR) is 84.5 cm³/mol. The predicted octanol–water partition coefficient (Wildman–Crippen LogP) is 3.12. The number of aryl methyl sites for hydroxylation is 1. The van der Waals surface area contributed by atoms with Crippen molar-refractivity contribution in [2.45, 2.75) is 58.5 Å². The molecule has 1 saturated carbocycles. The van der Waals surface area contributed by atoms with Crippen LogP contribution in [0, 0.1) is 12.3 Å². The molecule has 0 amide bonds. The minimum Gasteiger partial charge on any atom is -0.329 e. The SMILES string of the molecule is Cc1cccc(CN(C)C2(CN)CCC(C)(C)CC2)n1. The molecule has 0 atom stereocenters. The zero-order chi connectivity index (χ0) is 14.8. The molecule has 20 heavy (non-hydrogen) atoms. The fourth-order valence-corrected chi connectivity index (χ4v) is 3.23. The number of aromatic nitrogens is 1. The summed E-state index contributed by atoms with van der Waals surface area (Å²) in [6, 6.07) is 6.25. The van der Waals surface area contributed by atoms with Crippen molar-refractivity contribution in [3.63, 3.8) is 0 Å². The Kier molecular flexibility index (Phi) is 4.50. The molecule has 1 heterocycles. The summed E-state index contributed by atoms with van der Waals surface area (Å²) in [6.07, 6.45) is 4.91. The lowest BCUT2D eigenvalue weighted by Gasteiger charge is -2.48. The van der Waals surface area contributed by atoms with Gasteiger partial charge in [0.1, 0.15) is 0 Å². The van der Waals surface area contributed by atoms with Gasteiger partial charge in [-0.15, -0.1) is 0 Å². The standard InChI is InChI=1S/C17H29N3/c1-14-6-5-7-15(19-14)12-20(4)17(13-18)10-8-16(2,3)9-11-17/h5-7H,8-13,18H2,1-4H3. The maximum absolute atomic E-state index is 6.15. The highest BCUT2D eigenvalue weighted by molar-refractivity contribution is 5.10. The maximum atomic E-state index is 6.15. The maximum Gasteiger partial charge on any atom is 0.0547 e. The molecule has 1 aliphatic carbocycles. The largest absolute Gasteiger partial charge is 0.329 e. The summed E-state index contributed by atoms with van der Waals surface area (Å²) in [5, 5.41) is 0. The lowest BCUT2D eigenvalue weighted by atomic mass is 9.69. The van der Waals surface area contributed by atoms with Crippen molar-refractivity contribution in [1.29, 1.82) is 0 Å². The van der Waals surface area contributed by atoms with Gasteiger partial charge in [0.2, 0.25) is 0 Å². The van der Waals surface area contributed by atoms with Gasteiger partial charge in [-0.25, -0.2) is 0 Å². The van der Waals surface area contributed by atoms with Gasteiger partial charge in [-0.2, -0.15) is 0 Å². The van der Waals surface area contributed by atoms with Crippen LogP contribution in [-0.4, -0.2) is 29.0 Å². The van der Waals surface area contributed by atoms with Gasteiger partial charge < -0.3 is 5.73 Å². The molecule has 1 aliphatic rings. The molecule has 0 saturated heterocycles. The molecule has 0 aromatic carbocycles. The third-order valence-corrected chi connectivity index (χ3v) is 5.07. The second kappa shape index (κ2) is 5.82. The lowest BCUT2D eigenvalue weighted by molar-refractivity contribution is 0.0356. The number of rotatable bonds is 4. The van der Waals surface area contributed by atoms with E-state index in [4.69, 9.17) is 5.73 Å². The van der Waals surface area contributed by atoms with Crippen molar-refractivity contribution in [3.8, 4) is 0 Å². The molecule has 1 aromatic heterocycles. The third kappa shape index (κ3) is 3.39. The highest BCUT2D eigenvalue weighted by atomic mass is 15.2. The van der Waals surface area contributed by atoms with Crippen LogP contribution in [-0.2, 0) is 6.54 Å². The van der Waals surface area contributed by atoms with Crippen LogP contribution in [0.3, 0.4) is 0 Å². The normalized spacial score (nSPS) is 21.1. The molecule has 3 nitrogen and oxygen atoms in total. The summed E-state index contributed by atoms with van der Waals surface area (Å²) in [5.74, 6) is 0. The quantitative estimate of drug-likeness (QED) is 0.918. The molecular formula is C17H29N3. The summed E-state index contributed by atoms with van der Waals surface area (Å²) >= 11 is 0. The molecular weight excluding hydrogens is 246 g/mol. The van der Waals surface area contributed by atoms with Gasteiger partial charge in [-0.1, -0.05) is 19.9 Å². The molecule has 1 aromatic rings. The smallest absolute Gasteiger partial charge is 0.0547 e. The van der Waals surface area contributed by atoms with Crippen molar-refractivity contribution in [1.82, 2.24) is 9.88 Å². The average molecular weight is 275 g/mol. The summed E-state index contributed by atoms with van der Waals surface area (Å²) in [4.78, 5) is 7.05. The topological polar surface area (TPSA) is 42.1 Å². The Morgan fingerprint density at radius 1 is 1.20 bits per heavy atom. The molecule has 0 aliphatic heterocycles. The molecule has 0 bridgehead atoms. The van der Waals surface area contributed by atoms with Gasteiger partial charge in [0.15, 0.2) is 0 Å². The Balaban J connectivity index is 2.08. The Morgan fingerprint density at radius 3 is 2.40 bits per heavy atom. The highest BCUT2D eigenvalue weighted by Crippen LogP contribution is 2.42. The number of hydrogen-bond acceptors (Lipinski definition) is 3. The van der Waals surface area contributed by atoms with Crippen LogP contribution in [0.2, 0.25) is 0 Å². The van der Waals surface area contributed by atoms with Crippen LogP contribution >= 0.6 is 0 Å². The van der Waals surface area contributed by atoms with Gasteiger partial charge >= 0.3 is 0 Å². The summed E-state index contributed by atoms with van der Waals surface area (Å²) in [7, 11) is 2.20. The van der Waals surface area contributed by atoms with E-state index in [9.17, 15) is 0 Å². The highest BCUT2D eigenvalue weighted by Gasteiger charge is 2.40. The van der Waals surface area contributed by atoms with Crippen molar-refractivity contribution >= 4 is 0 Å². The van der Waals surface area contributed by atoms with Crippen LogP contribution in [0.15, 0.2) is 18.2 Å². The van der Waals surface area contributed by atoms with Crippen LogP contribution in [0.25, 0.3) is 0 Å². The number of nitrogens with two attached hydrogens (primary N) is 1. The van der Waals surface area contributed by atoms with E-state index in [1.54, 1.807) is 0 Å². The minimum atomic E-state index is 0.154. The van der Waals surface area contributed by atoms with Crippen LogP contribution in [0.4, 0.5) is 0 Å². The second-order valence-electron chi connectivity index (χ2n) is 7.22. The molecule has 1 fully saturated rings. The Labute approximate surface area is 123 Å². The zero-order valence-corrected chi connectivity index (χ0v) is 13.4. The molecule has 112 valence electrons. The first-order valence-corrected chi connectivity index (χ1v) is 7.71. The first kappa shape index (κ1) is 15.5. The average Bonchev–Trinajstić information content (AvgIpc) is 2.39. The van der Waals surface area contributed by atoms with Crippen molar-refractivity contribution < 1.29 is 0 Å². The van der Waals surface area contributed by atoms with Gasteiger partial charge in [0.05, 0.1) is 5.69 Å². The Morgan fingerprint density at radius 2 is 1.85 bits per heavy atom. The first-order chi connectivity index (χ1) is 9.37. The summed E-state index contributed by atoms with van der Waals surface area (Å²) in [6.45, 7) is 8.42. The lowest BCUT2D eigenvalue weighted by Crippen LogP contribution is -2.54. The zero-order valence-electron chi connectivity index (χ0n) is 13.4. The second-order valence-corrected chi connectivity index (χ2v) is 7.22. The van der Waals surface area contributed by atoms with E-state index >= 15 is 0 Å². The molecule has 2 N–H and O–H groups in total. The van der Waals surface area contributed by atoms with E-state index in [0.717, 1.165) is 24.5 Å². The Hall–Kier alpha value is -0.930. The summed E-state index contributed by atoms with van der Waals surface area (Å²) < 4.78 is 0. The van der Waals surface area contributed by atoms with E-state index < -0.39 is 0 Å². The van der Waals surface area contributed by atoms with Crippen LogP contribution in [0.1, 0.15) is 50.9 Å². The van der Waals surface area contributed by atoms with Crippen molar-refractivity contribution in [2.24, 2.45) is 11.1 Å². The Bertz CT molecular complexity index is 443. The van der Waals surface area contributed by atoms with Crippen LogP contribution < -0.4 is 5.73 Å². The van der Waals surface area contributed by atoms with Crippen LogP contribution in [0.5, 0.6) is 0 Å². The summed E-state index contributed by atoms with van der Waals surface area (Å²) in [5.41, 5.74) is 9.01. The number of pyridine rings is 1. The molecule has 0 radical (unpaired) electrons. The van der Waals surface area contributed by atoms with Gasteiger partial charge in [-0.05, 0) is 57.2 Å². The first-order valence-electron chi connectivity index (χ1n) is 7.71. The van der Waals surface area contributed by atoms with E-state index in [0.29, 0.717) is 5.41 Å². The monoisotopic (exact) mass is 275 g/mol. The number of hydrogen-bond donors (Lipinski definition) is 1. The van der Waals surface area contributed by atoms with E-state index in [2.05, 4.69) is 42.9 Å². The molecule has 3 heteroatoms. The van der Waals surface area contributed by atoms with Gasteiger partial charge in [-0.3, -0.25) is 9.88 Å². The fraction of sp³-hybridized carbons (Fsp3) is 0.706. The minimum absolute atomic E-state index is 0.154. The van der Waals surface area contributed by atoms with Crippen molar-refractivity contribution in [2.75, 3.05) is 13.6 Å². The van der Waals surface area contributed by atoms with E-state index in [1.165, 1.54) is 25.7 Å². The van der Waals surface area contributed by atoms with E-state index in [1.807, 2.05) is 13.0 Å². The number of nitrogens with zero attached hydrogens (tertiary/aromatic N) is 2.